The minimum atomic E-state index is -3.65. The normalized spacial score (nSPS) is 11.7. The summed E-state index contributed by atoms with van der Waals surface area (Å²) in [6, 6.07) is 8.43. The molecule has 0 saturated carbocycles. The van der Waals surface area contributed by atoms with Gasteiger partial charge < -0.3 is 5.32 Å². The van der Waals surface area contributed by atoms with Gasteiger partial charge in [-0.2, -0.15) is 0 Å². The Hall–Kier alpha value is -2.03. The molecule has 0 bridgehead atoms. The molecule has 0 aliphatic carbocycles. The van der Waals surface area contributed by atoms with Crippen molar-refractivity contribution in [2.24, 2.45) is 5.14 Å². The molecule has 2 heterocycles. The smallest absolute Gasteiger partial charge is 0.238 e. The molecule has 3 N–H and O–H groups in total. The highest BCUT2D eigenvalue weighted by Gasteiger charge is 2.08. The summed E-state index contributed by atoms with van der Waals surface area (Å²) in [4.78, 5) is 9.84. The average Bonchev–Trinajstić information content (AvgIpc) is 2.92. The summed E-state index contributed by atoms with van der Waals surface area (Å²) in [7, 11) is -3.65. The molecule has 0 radical (unpaired) electrons. The van der Waals surface area contributed by atoms with Crippen molar-refractivity contribution in [3.8, 4) is 0 Å². The molecular weight excluding hydrogens is 320 g/mol. The zero-order valence-corrected chi connectivity index (χ0v) is 13.4. The summed E-state index contributed by atoms with van der Waals surface area (Å²) in [5, 5.41) is 11.3. The van der Waals surface area contributed by atoms with E-state index >= 15 is 0 Å². The second-order valence-electron chi connectivity index (χ2n) is 4.80. The number of aromatic nitrogens is 2. The predicted octanol–water partition coefficient (Wildman–Crippen LogP) is 2.26. The van der Waals surface area contributed by atoms with E-state index in [4.69, 9.17) is 5.14 Å². The van der Waals surface area contributed by atoms with Gasteiger partial charge in [-0.15, -0.1) is 11.3 Å². The first kappa shape index (κ1) is 14.9. The number of rotatable bonds is 4. The summed E-state index contributed by atoms with van der Waals surface area (Å²) < 4.78 is 22.4. The van der Waals surface area contributed by atoms with E-state index < -0.39 is 10.0 Å². The lowest BCUT2D eigenvalue weighted by Crippen LogP contribution is -2.12. The maximum atomic E-state index is 11.2. The fourth-order valence-corrected chi connectivity index (χ4v) is 3.40. The molecule has 22 heavy (non-hydrogen) atoms. The highest BCUT2D eigenvalue weighted by molar-refractivity contribution is 7.89. The van der Waals surface area contributed by atoms with Crippen LogP contribution in [0.2, 0.25) is 0 Å². The van der Waals surface area contributed by atoms with Crippen molar-refractivity contribution in [1.82, 2.24) is 9.97 Å². The van der Waals surface area contributed by atoms with Crippen molar-refractivity contribution in [3.63, 3.8) is 0 Å². The maximum absolute atomic E-state index is 11.2. The summed E-state index contributed by atoms with van der Waals surface area (Å²) in [6.45, 7) is 2.39. The second-order valence-corrected chi connectivity index (χ2v) is 7.26. The van der Waals surface area contributed by atoms with E-state index in [0.29, 0.717) is 12.4 Å². The molecular formula is C14H14N4O2S2. The van der Waals surface area contributed by atoms with Crippen molar-refractivity contribution in [3.05, 3.63) is 47.1 Å². The van der Waals surface area contributed by atoms with E-state index in [9.17, 15) is 8.42 Å². The molecule has 3 rings (SSSR count). The molecule has 114 valence electrons. The first-order chi connectivity index (χ1) is 10.4. The van der Waals surface area contributed by atoms with Gasteiger partial charge in [-0.1, -0.05) is 12.1 Å². The Balaban J connectivity index is 1.81. The Bertz CT molecular complexity index is 918. The van der Waals surface area contributed by atoms with Crippen molar-refractivity contribution in [2.45, 2.75) is 18.4 Å². The Morgan fingerprint density at radius 1 is 1.18 bits per heavy atom. The van der Waals surface area contributed by atoms with Gasteiger partial charge in [-0.25, -0.2) is 23.5 Å². The van der Waals surface area contributed by atoms with Crippen LogP contribution in [-0.2, 0) is 16.6 Å². The van der Waals surface area contributed by atoms with Crippen molar-refractivity contribution in [1.29, 1.82) is 0 Å². The molecule has 0 unspecified atom stereocenters. The first-order valence-electron chi connectivity index (χ1n) is 6.51. The molecule has 0 fully saturated rings. The summed E-state index contributed by atoms with van der Waals surface area (Å²) in [6.07, 6.45) is 0. The first-order valence-corrected chi connectivity index (χ1v) is 8.93. The summed E-state index contributed by atoms with van der Waals surface area (Å²) in [5.41, 5.74) is 0.937. The van der Waals surface area contributed by atoms with E-state index in [1.807, 2.05) is 18.4 Å². The number of fused-ring (bicyclic) bond motifs is 1. The number of hydrogen-bond acceptors (Lipinski definition) is 6. The highest BCUT2D eigenvalue weighted by Crippen LogP contribution is 2.25. The third-order valence-electron chi connectivity index (χ3n) is 3.15. The van der Waals surface area contributed by atoms with E-state index in [1.165, 1.54) is 12.1 Å². The zero-order valence-electron chi connectivity index (χ0n) is 11.8. The number of benzene rings is 1. The molecule has 2 aromatic heterocycles. The Kier molecular flexibility index (Phi) is 3.81. The van der Waals surface area contributed by atoms with Crippen LogP contribution in [0.25, 0.3) is 10.2 Å². The average molecular weight is 334 g/mol. The van der Waals surface area contributed by atoms with E-state index in [2.05, 4.69) is 15.3 Å². The maximum Gasteiger partial charge on any atom is 0.238 e. The zero-order chi connectivity index (χ0) is 15.7. The molecule has 0 aliphatic heterocycles. The lowest BCUT2D eigenvalue weighted by molar-refractivity contribution is 0.598. The molecule has 8 heteroatoms. The number of sulfonamides is 1. The number of nitrogens with zero attached hydrogens (tertiary/aromatic N) is 2. The number of thiophene rings is 1. The van der Waals surface area contributed by atoms with Gasteiger partial charge in [-0.05, 0) is 36.1 Å². The van der Waals surface area contributed by atoms with Crippen LogP contribution in [0.15, 0.2) is 40.6 Å². The van der Waals surface area contributed by atoms with E-state index in [-0.39, 0.29) is 4.90 Å². The molecule has 0 atom stereocenters. The second kappa shape index (κ2) is 5.64. The molecule has 6 nitrogen and oxygen atoms in total. The summed E-state index contributed by atoms with van der Waals surface area (Å²) in [5.74, 6) is 1.49. The fourth-order valence-electron chi connectivity index (χ4n) is 2.08. The lowest BCUT2D eigenvalue weighted by atomic mass is 10.2. The number of nitrogens with two attached hydrogens (primary N) is 1. The van der Waals surface area contributed by atoms with Crippen LogP contribution in [0.5, 0.6) is 0 Å². The number of aryl methyl sites for hydroxylation is 1. The standard InChI is InChI=1S/C14H14N4O2S2/c1-9-17-13(12-6-7-21-14(12)18-9)16-8-10-2-4-11(5-3-10)22(15,19)20/h2-7H,8H2,1H3,(H2,15,19,20)(H,16,17,18). The van der Waals surface area contributed by atoms with Gasteiger partial charge in [0, 0.05) is 6.54 Å². The van der Waals surface area contributed by atoms with Gasteiger partial charge in [0.25, 0.3) is 0 Å². The van der Waals surface area contributed by atoms with Gasteiger partial charge in [0.2, 0.25) is 10.0 Å². The molecule has 1 aromatic carbocycles. The van der Waals surface area contributed by atoms with Crippen LogP contribution in [0.4, 0.5) is 5.82 Å². The molecule has 0 saturated heterocycles. The van der Waals surface area contributed by atoms with Crippen LogP contribution in [0, 0.1) is 6.92 Å². The van der Waals surface area contributed by atoms with E-state index in [1.54, 1.807) is 23.5 Å². The summed E-state index contributed by atoms with van der Waals surface area (Å²) >= 11 is 1.57. The largest absolute Gasteiger partial charge is 0.365 e. The van der Waals surface area contributed by atoms with Gasteiger partial charge in [-0.3, -0.25) is 0 Å². The SMILES string of the molecule is Cc1nc(NCc2ccc(S(N)(=O)=O)cc2)c2ccsc2n1. The molecule has 0 aliphatic rings. The number of primary sulfonamides is 1. The van der Waals surface area contributed by atoms with Gasteiger partial charge >= 0.3 is 0 Å². The van der Waals surface area contributed by atoms with Gasteiger partial charge in [0.1, 0.15) is 16.5 Å². The van der Waals surface area contributed by atoms with Crippen LogP contribution < -0.4 is 10.5 Å². The monoisotopic (exact) mass is 334 g/mol. The van der Waals surface area contributed by atoms with Crippen molar-refractivity contribution >= 4 is 37.4 Å². The van der Waals surface area contributed by atoms with Crippen LogP contribution in [0.3, 0.4) is 0 Å². The Labute approximate surface area is 132 Å². The Morgan fingerprint density at radius 2 is 1.91 bits per heavy atom. The third-order valence-corrected chi connectivity index (χ3v) is 4.88. The highest BCUT2D eigenvalue weighted by atomic mass is 32.2. The minimum absolute atomic E-state index is 0.106. The van der Waals surface area contributed by atoms with Crippen LogP contribution in [-0.4, -0.2) is 18.4 Å². The number of anilines is 1. The number of nitrogens with one attached hydrogen (secondary N) is 1. The molecule has 0 amide bonds. The number of hydrogen-bond donors (Lipinski definition) is 2. The third kappa shape index (κ3) is 3.08. The predicted molar refractivity (Wildman–Crippen MR) is 87.3 cm³/mol. The van der Waals surface area contributed by atoms with Crippen LogP contribution in [0.1, 0.15) is 11.4 Å². The van der Waals surface area contributed by atoms with Gasteiger partial charge in [0.15, 0.2) is 0 Å². The van der Waals surface area contributed by atoms with Crippen molar-refractivity contribution in [2.75, 3.05) is 5.32 Å². The Morgan fingerprint density at radius 3 is 2.59 bits per heavy atom. The van der Waals surface area contributed by atoms with E-state index in [0.717, 1.165) is 21.6 Å². The quantitative estimate of drug-likeness (QED) is 0.762. The van der Waals surface area contributed by atoms with Crippen LogP contribution >= 0.6 is 11.3 Å². The van der Waals surface area contributed by atoms with Gasteiger partial charge in [0.05, 0.1) is 10.3 Å². The lowest BCUT2D eigenvalue weighted by Gasteiger charge is -2.08. The molecule has 3 aromatic rings. The minimum Gasteiger partial charge on any atom is -0.365 e. The van der Waals surface area contributed by atoms with Crippen molar-refractivity contribution < 1.29 is 8.42 Å². The topological polar surface area (TPSA) is 98.0 Å². The fraction of sp³-hybridized carbons (Fsp3) is 0.143. The molecule has 0 spiro atoms.